The number of carbonyl (C=O) groups excluding carboxylic acids is 3. The number of pyridine rings is 1. The van der Waals surface area contributed by atoms with Crippen molar-refractivity contribution in [2.75, 3.05) is 0 Å². The number of carboxylic acid groups (broad SMARTS) is 2. The number of nitrogens with zero attached hydrogens (tertiary/aromatic N) is 7. The lowest BCUT2D eigenvalue weighted by Crippen LogP contribution is -2.49. The third-order valence-electron chi connectivity index (χ3n) is 11.3. The van der Waals surface area contributed by atoms with Gasteiger partial charge in [-0.3, -0.25) is 19.3 Å². The van der Waals surface area contributed by atoms with Crippen LogP contribution in [0.15, 0.2) is 92.7 Å². The third-order valence-corrected chi connectivity index (χ3v) is 14.9. The van der Waals surface area contributed by atoms with Gasteiger partial charge in [-0.1, -0.05) is 37.3 Å². The van der Waals surface area contributed by atoms with Gasteiger partial charge in [-0.05, 0) is 61.2 Å². The lowest BCUT2D eigenvalue weighted by Gasteiger charge is -2.32. The maximum atomic E-state index is 14.4. The van der Waals surface area contributed by atoms with Gasteiger partial charge in [-0.15, -0.1) is 45.3 Å². The Bertz CT molecular complexity index is 3300. The fourth-order valence-corrected chi connectivity index (χ4v) is 11.4. The number of nitrogens with one attached hydrogen (secondary N) is 1. The number of aromatic hydroxyl groups is 1. The minimum absolute atomic E-state index is 0.0257. The Hall–Kier alpha value is -7.77. The van der Waals surface area contributed by atoms with Gasteiger partial charge < -0.3 is 41.3 Å². The Kier molecular flexibility index (Phi) is 13.8. The van der Waals surface area contributed by atoms with E-state index >= 15 is 0 Å². The fraction of sp³-hybridized carbons (Fsp3) is 0.213. The Balaban J connectivity index is 1.03. The van der Waals surface area contributed by atoms with Crippen molar-refractivity contribution in [2.45, 2.75) is 57.5 Å². The quantitative estimate of drug-likeness (QED) is 0.0525. The predicted octanol–water partition coefficient (Wildman–Crippen LogP) is 7.21. The first kappa shape index (κ1) is 48.3. The zero-order valence-electron chi connectivity index (χ0n) is 37.3. The number of primary amides is 1. The van der Waals surface area contributed by atoms with Crippen LogP contribution in [0.4, 0.5) is 0 Å². The minimum atomic E-state index is -1.28. The maximum Gasteiger partial charge on any atom is 0.355 e. The van der Waals surface area contributed by atoms with Crippen molar-refractivity contribution in [3.05, 3.63) is 127 Å². The number of rotatable bonds is 17. The van der Waals surface area contributed by atoms with E-state index in [0.29, 0.717) is 49.8 Å². The summed E-state index contributed by atoms with van der Waals surface area (Å²) in [6, 6.07) is 16.5. The number of hydrogen-bond acceptors (Lipinski definition) is 19. The fourth-order valence-electron chi connectivity index (χ4n) is 7.93. The van der Waals surface area contributed by atoms with Crippen molar-refractivity contribution < 1.29 is 48.4 Å². The number of likely N-dealkylation sites (tertiary alicyclic amines) is 1. The normalized spacial score (nSPS) is 16.4. The summed E-state index contributed by atoms with van der Waals surface area (Å²) >= 11 is 4.66. The molecule has 0 bridgehead atoms. The Morgan fingerprint density at radius 2 is 1.51 bits per heavy atom. The summed E-state index contributed by atoms with van der Waals surface area (Å²) in [4.78, 5) is 92.9. The van der Waals surface area contributed by atoms with Crippen molar-refractivity contribution in [2.24, 2.45) is 17.4 Å². The van der Waals surface area contributed by atoms with Crippen LogP contribution in [0, 0.1) is 12.8 Å². The zero-order chi connectivity index (χ0) is 50.1. The van der Waals surface area contributed by atoms with Gasteiger partial charge in [0, 0.05) is 27.9 Å². The van der Waals surface area contributed by atoms with Crippen molar-refractivity contribution in [1.29, 1.82) is 0 Å². The Labute approximate surface area is 418 Å². The topological polar surface area (TPSA) is 313 Å². The molecule has 362 valence electrons. The Morgan fingerprint density at radius 1 is 0.817 bits per heavy atom. The number of thiazole rings is 4. The minimum Gasteiger partial charge on any atom is -0.508 e. The number of carbonyl (C=O) groups is 5. The van der Waals surface area contributed by atoms with E-state index in [0.717, 1.165) is 28.2 Å². The van der Waals surface area contributed by atoms with Crippen LogP contribution < -0.4 is 21.5 Å². The van der Waals surface area contributed by atoms with Crippen molar-refractivity contribution in [1.82, 2.24) is 40.1 Å². The number of carboxylic acids is 2. The molecule has 0 radical (unpaired) electrons. The van der Waals surface area contributed by atoms with Crippen LogP contribution in [0.3, 0.4) is 0 Å². The summed E-state index contributed by atoms with van der Waals surface area (Å²) in [5.41, 5.74) is 14.1. The standard InChI is InChI=1S/C47H40N10O10S4/c1-21-14-35(67-25-6-4-3-5-7-25)57(45(61)27(48)15-23-8-10-24(58)11-9-23)38(21)44-53-31(18-71-44)43-52-30(17-68-43)37-26(12-13-28(50-37)41-54-32(19-69-41)46(62)63)40-56-36(22(2)66-40)39(60)51-29(16-34(49)59)42-55-33(20-70-42)47(64)65/h3-13,17-21,27,29,35,38,58H,14-16,48H2,1-2H3,(H2,49,59)(H,51,60)(H,62,63)(H,64,65). The molecule has 0 aliphatic carbocycles. The first-order valence-electron chi connectivity index (χ1n) is 21.5. The van der Waals surface area contributed by atoms with E-state index in [4.69, 9.17) is 35.6 Å². The molecule has 5 atom stereocenters. The number of aromatic nitrogens is 6. The number of ether oxygens (including phenoxy) is 1. The molecule has 5 unspecified atom stereocenters. The Morgan fingerprint density at radius 3 is 2.21 bits per heavy atom. The van der Waals surface area contributed by atoms with E-state index in [1.54, 1.807) is 46.7 Å². The molecular weight excluding hydrogens is 993 g/mol. The van der Waals surface area contributed by atoms with E-state index in [1.165, 1.54) is 40.4 Å². The van der Waals surface area contributed by atoms with Gasteiger partial charge in [-0.25, -0.2) is 39.5 Å². The molecule has 0 spiro atoms. The number of phenolic OH excluding ortho intramolecular Hbond substituents is 1. The van der Waals surface area contributed by atoms with Crippen LogP contribution in [0.1, 0.15) is 84.7 Å². The molecule has 20 nitrogen and oxygen atoms in total. The number of aryl methyl sites for hydroxylation is 1. The van der Waals surface area contributed by atoms with Crippen molar-refractivity contribution in [3.63, 3.8) is 0 Å². The van der Waals surface area contributed by atoms with E-state index in [1.807, 2.05) is 42.6 Å². The number of para-hydroxylation sites is 1. The second-order valence-electron chi connectivity index (χ2n) is 16.3. The van der Waals surface area contributed by atoms with Crippen LogP contribution in [-0.2, 0) is 16.0 Å². The van der Waals surface area contributed by atoms with Gasteiger partial charge in [0.1, 0.15) is 54.4 Å². The molecule has 7 heterocycles. The van der Waals surface area contributed by atoms with Gasteiger partial charge in [-0.2, -0.15) is 0 Å². The summed E-state index contributed by atoms with van der Waals surface area (Å²) in [7, 11) is 0. The summed E-state index contributed by atoms with van der Waals surface area (Å²) in [6.45, 7) is 3.55. The highest BCUT2D eigenvalue weighted by atomic mass is 32.1. The molecule has 1 saturated heterocycles. The summed E-state index contributed by atoms with van der Waals surface area (Å²) in [5, 5.41) is 39.4. The van der Waals surface area contributed by atoms with Gasteiger partial charge >= 0.3 is 11.9 Å². The number of amides is 3. The number of benzene rings is 2. The SMILES string of the molecule is Cc1oc(-c2ccc(-c3nc(C(=O)O)cs3)nc2-c2csc(-c3csc(C4C(C)CC(Oc5ccccc5)N4C(=O)C(N)Cc4ccc(O)cc4)n3)n2)nc1C(=O)NC(CC(N)=O)c1nc(C(=O)O)cs1. The van der Waals surface area contributed by atoms with Gasteiger partial charge in [0.25, 0.3) is 5.91 Å². The van der Waals surface area contributed by atoms with Gasteiger partial charge in [0.15, 0.2) is 23.3 Å². The highest BCUT2D eigenvalue weighted by Crippen LogP contribution is 2.45. The molecule has 9 rings (SSSR count). The van der Waals surface area contributed by atoms with Crippen LogP contribution in [-0.4, -0.2) is 92.1 Å². The number of nitrogens with two attached hydrogens (primary N) is 2. The second-order valence-corrected chi connectivity index (χ2v) is 19.8. The van der Waals surface area contributed by atoms with Crippen LogP contribution in [0.2, 0.25) is 0 Å². The molecule has 1 aliphatic rings. The van der Waals surface area contributed by atoms with E-state index in [-0.39, 0.29) is 69.9 Å². The second kappa shape index (κ2) is 20.3. The maximum absolute atomic E-state index is 14.4. The zero-order valence-corrected chi connectivity index (χ0v) is 40.6. The van der Waals surface area contributed by atoms with Gasteiger partial charge in [0.2, 0.25) is 17.7 Å². The molecule has 1 fully saturated rings. The largest absolute Gasteiger partial charge is 0.508 e. The highest BCUT2D eigenvalue weighted by molar-refractivity contribution is 7.14. The molecule has 1 aliphatic heterocycles. The number of phenols is 1. The third kappa shape index (κ3) is 10.4. The predicted molar refractivity (Wildman–Crippen MR) is 262 cm³/mol. The molecule has 24 heteroatoms. The number of hydrogen-bond donors (Lipinski definition) is 6. The van der Waals surface area contributed by atoms with E-state index in [9.17, 15) is 39.3 Å². The van der Waals surface area contributed by atoms with E-state index < -0.39 is 48.1 Å². The molecule has 6 aromatic heterocycles. The smallest absolute Gasteiger partial charge is 0.355 e. The highest BCUT2D eigenvalue weighted by Gasteiger charge is 2.47. The first-order valence-corrected chi connectivity index (χ1v) is 25.1. The van der Waals surface area contributed by atoms with Crippen LogP contribution in [0.25, 0.3) is 44.2 Å². The van der Waals surface area contributed by atoms with E-state index in [2.05, 4.69) is 20.3 Å². The average molecular weight is 1030 g/mol. The lowest BCUT2D eigenvalue weighted by molar-refractivity contribution is -0.141. The lowest BCUT2D eigenvalue weighted by atomic mass is 10.0. The summed E-state index contributed by atoms with van der Waals surface area (Å²) in [5.74, 6) is -3.65. The molecule has 3 amide bonds. The summed E-state index contributed by atoms with van der Waals surface area (Å²) < 4.78 is 12.5. The molecule has 8 N–H and O–H groups in total. The first-order chi connectivity index (χ1) is 34.1. The molecular formula is C47H40N10O10S4. The number of aromatic carboxylic acids is 2. The van der Waals surface area contributed by atoms with Crippen LogP contribution >= 0.6 is 45.3 Å². The molecule has 2 aromatic carbocycles. The molecule has 8 aromatic rings. The molecule has 0 saturated carbocycles. The molecule has 71 heavy (non-hydrogen) atoms. The van der Waals surface area contributed by atoms with Crippen molar-refractivity contribution >= 4 is 75.0 Å². The number of oxazole rings is 1. The van der Waals surface area contributed by atoms with Crippen molar-refractivity contribution in [3.8, 4) is 55.7 Å². The monoisotopic (exact) mass is 1030 g/mol. The van der Waals surface area contributed by atoms with Gasteiger partial charge in [0.05, 0.1) is 35.8 Å². The van der Waals surface area contributed by atoms with Crippen LogP contribution in [0.5, 0.6) is 11.5 Å². The summed E-state index contributed by atoms with van der Waals surface area (Å²) in [6.07, 6.45) is -0.297. The average Bonchev–Trinajstić information content (AvgIpc) is 4.21.